The maximum atomic E-state index is 11.4. The van der Waals surface area contributed by atoms with Crippen LogP contribution in [0.5, 0.6) is 0 Å². The maximum Gasteiger partial charge on any atom is 0.219 e. The molecular formula is C18H36N2OS. The van der Waals surface area contributed by atoms with E-state index in [1.165, 1.54) is 19.3 Å². The summed E-state index contributed by atoms with van der Waals surface area (Å²) in [6.45, 7) is 13.7. The molecule has 4 heteroatoms. The highest BCUT2D eigenvalue weighted by atomic mass is 32.1. The van der Waals surface area contributed by atoms with Crippen molar-refractivity contribution in [3.63, 3.8) is 0 Å². The Morgan fingerprint density at radius 3 is 1.91 bits per heavy atom. The van der Waals surface area contributed by atoms with Crippen LogP contribution in [0, 0.1) is 4.51 Å². The van der Waals surface area contributed by atoms with Gasteiger partial charge in [-0.2, -0.15) is 0 Å². The zero-order chi connectivity index (χ0) is 17.5. The minimum Gasteiger partial charge on any atom is -0.371 e. The largest absolute Gasteiger partial charge is 0.371 e. The van der Waals surface area contributed by atoms with Crippen molar-refractivity contribution in [3.8, 4) is 0 Å². The molecule has 0 atom stereocenters. The molecule has 0 fully saturated rings. The van der Waals surface area contributed by atoms with Crippen molar-refractivity contribution >= 4 is 17.9 Å². The SMILES string of the molecule is CC.CCC.CCCN(C)CCCCN(C)c1cc(=S)c1=O. The molecule has 0 aromatic heterocycles. The summed E-state index contributed by atoms with van der Waals surface area (Å²) in [5.74, 6) is 0. The molecule has 3 nitrogen and oxygen atoms in total. The molecule has 0 N–H and O–H groups in total. The predicted octanol–water partition coefficient (Wildman–Crippen LogP) is 4.65. The van der Waals surface area contributed by atoms with Gasteiger partial charge in [-0.3, -0.25) is 4.79 Å². The number of unbranched alkanes of at least 4 members (excludes halogenated alkanes) is 1. The van der Waals surface area contributed by atoms with Gasteiger partial charge in [-0.05, 0) is 45.5 Å². The third-order valence-electron chi connectivity index (χ3n) is 3.02. The quantitative estimate of drug-likeness (QED) is 0.512. The van der Waals surface area contributed by atoms with Crippen LogP contribution < -0.4 is 10.3 Å². The molecule has 0 heterocycles. The zero-order valence-electron chi connectivity index (χ0n) is 15.7. The van der Waals surface area contributed by atoms with Crippen LogP contribution in [0.25, 0.3) is 0 Å². The van der Waals surface area contributed by atoms with E-state index >= 15 is 0 Å². The van der Waals surface area contributed by atoms with Crippen LogP contribution in [0.1, 0.15) is 60.3 Å². The van der Waals surface area contributed by atoms with Gasteiger partial charge in [-0.25, -0.2) is 0 Å². The van der Waals surface area contributed by atoms with Crippen molar-refractivity contribution in [2.75, 3.05) is 38.6 Å². The van der Waals surface area contributed by atoms with Crippen molar-refractivity contribution in [1.82, 2.24) is 4.90 Å². The molecule has 22 heavy (non-hydrogen) atoms. The van der Waals surface area contributed by atoms with E-state index in [-0.39, 0.29) is 5.43 Å². The monoisotopic (exact) mass is 328 g/mol. The maximum absolute atomic E-state index is 11.4. The lowest BCUT2D eigenvalue weighted by molar-refractivity contribution is 0.327. The molecule has 1 aromatic rings. The highest BCUT2D eigenvalue weighted by Gasteiger charge is 2.10. The Morgan fingerprint density at radius 1 is 1.00 bits per heavy atom. The first-order chi connectivity index (χ1) is 10.5. The third kappa shape index (κ3) is 10.1. The summed E-state index contributed by atoms with van der Waals surface area (Å²) in [6, 6.07) is 1.79. The summed E-state index contributed by atoms with van der Waals surface area (Å²) >= 11 is 4.84. The Hall–Kier alpha value is -0.740. The molecule has 0 aliphatic carbocycles. The smallest absolute Gasteiger partial charge is 0.219 e. The van der Waals surface area contributed by atoms with Crippen molar-refractivity contribution in [3.05, 3.63) is 20.8 Å². The van der Waals surface area contributed by atoms with Gasteiger partial charge in [0.1, 0.15) is 0 Å². The molecule has 0 saturated carbocycles. The van der Waals surface area contributed by atoms with E-state index in [4.69, 9.17) is 12.2 Å². The molecule has 0 bridgehead atoms. The fourth-order valence-electron chi connectivity index (χ4n) is 1.93. The number of nitrogens with zero attached hydrogens (tertiary/aromatic N) is 2. The first-order valence-electron chi connectivity index (χ1n) is 8.67. The third-order valence-corrected chi connectivity index (χ3v) is 3.33. The predicted molar refractivity (Wildman–Crippen MR) is 104 cm³/mol. The Kier molecular flexibility index (Phi) is 16.2. The van der Waals surface area contributed by atoms with Crippen molar-refractivity contribution < 1.29 is 0 Å². The van der Waals surface area contributed by atoms with Gasteiger partial charge >= 0.3 is 0 Å². The van der Waals surface area contributed by atoms with E-state index in [1.54, 1.807) is 6.07 Å². The van der Waals surface area contributed by atoms with Crippen LogP contribution in [0.3, 0.4) is 0 Å². The van der Waals surface area contributed by atoms with Gasteiger partial charge in [0.25, 0.3) is 0 Å². The summed E-state index contributed by atoms with van der Waals surface area (Å²) in [4.78, 5) is 15.7. The van der Waals surface area contributed by atoms with Crippen LogP contribution in [-0.2, 0) is 0 Å². The number of rotatable bonds is 8. The Balaban J connectivity index is 0. The molecule has 0 radical (unpaired) electrons. The Bertz CT molecular complexity index is 424. The molecular weight excluding hydrogens is 292 g/mol. The summed E-state index contributed by atoms with van der Waals surface area (Å²) in [5.41, 5.74) is 0.808. The van der Waals surface area contributed by atoms with E-state index in [2.05, 4.69) is 32.7 Å². The van der Waals surface area contributed by atoms with Gasteiger partial charge < -0.3 is 9.80 Å². The molecule has 0 unspecified atom stereocenters. The first kappa shape index (κ1) is 23.5. The summed E-state index contributed by atoms with van der Waals surface area (Å²) < 4.78 is 0.467. The van der Waals surface area contributed by atoms with E-state index in [1.807, 2.05) is 25.8 Å². The fourth-order valence-corrected chi connectivity index (χ4v) is 2.15. The number of hydrogen-bond donors (Lipinski definition) is 0. The second-order valence-corrected chi connectivity index (χ2v) is 5.80. The highest BCUT2D eigenvalue weighted by molar-refractivity contribution is 7.71. The molecule has 0 aliphatic rings. The van der Waals surface area contributed by atoms with Crippen molar-refractivity contribution in [1.29, 1.82) is 0 Å². The number of hydrogen-bond acceptors (Lipinski definition) is 4. The number of anilines is 1. The van der Waals surface area contributed by atoms with Gasteiger partial charge in [-0.15, -0.1) is 0 Å². The summed E-state index contributed by atoms with van der Waals surface area (Å²) in [6.07, 6.45) is 4.74. The van der Waals surface area contributed by atoms with Crippen LogP contribution in [-0.4, -0.2) is 38.6 Å². The Labute approximate surface area is 143 Å². The Morgan fingerprint density at radius 2 is 1.50 bits per heavy atom. The normalized spacial score (nSPS) is 9.82. The lowest BCUT2D eigenvalue weighted by Gasteiger charge is -2.21. The zero-order valence-corrected chi connectivity index (χ0v) is 16.6. The molecule has 0 amide bonds. The van der Waals surface area contributed by atoms with E-state index in [0.717, 1.165) is 31.7 Å². The molecule has 0 aliphatic heterocycles. The highest BCUT2D eigenvalue weighted by Crippen LogP contribution is 2.10. The minimum atomic E-state index is 0.0330. The van der Waals surface area contributed by atoms with Gasteiger partial charge in [0.2, 0.25) is 5.43 Å². The van der Waals surface area contributed by atoms with Crippen molar-refractivity contribution in [2.45, 2.75) is 60.3 Å². The van der Waals surface area contributed by atoms with Crippen LogP contribution in [0.2, 0.25) is 0 Å². The average molecular weight is 329 g/mol. The van der Waals surface area contributed by atoms with E-state index in [9.17, 15) is 4.79 Å². The standard InChI is InChI=1S/C13H22N2OS.C3H8.C2H6/c1-4-7-14(2)8-5-6-9-15(3)11-10-12(17)13(11)16;1-3-2;1-2/h10H,4-9H2,1-3H3;3H2,1-2H3;1-2H3. The summed E-state index contributed by atoms with van der Waals surface area (Å²) in [5, 5.41) is 0. The van der Waals surface area contributed by atoms with Crippen LogP contribution in [0.15, 0.2) is 10.9 Å². The van der Waals surface area contributed by atoms with Crippen molar-refractivity contribution in [2.24, 2.45) is 0 Å². The molecule has 0 spiro atoms. The van der Waals surface area contributed by atoms with E-state index in [0.29, 0.717) is 4.51 Å². The second-order valence-electron chi connectivity index (χ2n) is 5.36. The summed E-state index contributed by atoms with van der Waals surface area (Å²) in [7, 11) is 4.12. The molecule has 0 saturated heterocycles. The van der Waals surface area contributed by atoms with Crippen LogP contribution >= 0.6 is 12.2 Å². The lowest BCUT2D eigenvalue weighted by Crippen LogP contribution is -2.28. The minimum absolute atomic E-state index is 0.0330. The van der Waals surface area contributed by atoms with E-state index < -0.39 is 0 Å². The molecule has 130 valence electrons. The van der Waals surface area contributed by atoms with Gasteiger partial charge in [0.15, 0.2) is 0 Å². The van der Waals surface area contributed by atoms with Gasteiger partial charge in [-0.1, -0.05) is 53.3 Å². The second kappa shape index (κ2) is 15.2. The fraction of sp³-hybridized carbons (Fsp3) is 0.778. The topological polar surface area (TPSA) is 23.6 Å². The average Bonchev–Trinajstić information content (AvgIpc) is 2.51. The van der Waals surface area contributed by atoms with Gasteiger partial charge in [0, 0.05) is 13.6 Å². The van der Waals surface area contributed by atoms with Gasteiger partial charge in [0.05, 0.1) is 10.2 Å². The molecule has 1 rings (SSSR count). The lowest BCUT2D eigenvalue weighted by atomic mass is 10.2. The molecule has 1 aromatic carbocycles. The first-order valence-corrected chi connectivity index (χ1v) is 9.08. The van der Waals surface area contributed by atoms with Crippen LogP contribution in [0.4, 0.5) is 5.69 Å².